The van der Waals surface area contributed by atoms with E-state index in [0.29, 0.717) is 0 Å². The highest BCUT2D eigenvalue weighted by Crippen LogP contribution is 2.28. The van der Waals surface area contributed by atoms with Crippen LogP contribution >= 0.6 is 15.9 Å². The van der Waals surface area contributed by atoms with Gasteiger partial charge in [-0.1, -0.05) is 46.3 Å². The van der Waals surface area contributed by atoms with E-state index in [1.807, 2.05) is 62.4 Å². The third-order valence-corrected chi connectivity index (χ3v) is 3.94. The van der Waals surface area contributed by atoms with Gasteiger partial charge in [-0.25, -0.2) is 4.79 Å². The second kappa shape index (κ2) is 5.45. The van der Waals surface area contributed by atoms with Gasteiger partial charge in [-0.05, 0) is 32.0 Å². The van der Waals surface area contributed by atoms with Crippen LogP contribution in [0, 0.1) is 0 Å². The Morgan fingerprint density at radius 1 is 1.10 bits per heavy atom. The third kappa shape index (κ3) is 2.51. The number of halogens is 1. The van der Waals surface area contributed by atoms with Crippen molar-refractivity contribution in [3.63, 3.8) is 0 Å². The van der Waals surface area contributed by atoms with Crippen LogP contribution in [0.15, 0.2) is 57.8 Å². The molecule has 0 N–H and O–H groups in total. The van der Waals surface area contributed by atoms with Gasteiger partial charge in [-0.2, -0.15) is 4.98 Å². The lowest BCUT2D eigenvalue weighted by atomic mass is 10.1. The van der Waals surface area contributed by atoms with E-state index in [1.54, 1.807) is 4.57 Å². The number of nitrogens with zero attached hydrogens (tertiary/aromatic N) is 2. The van der Waals surface area contributed by atoms with Gasteiger partial charge in [0.1, 0.15) is 0 Å². The molecule has 0 aliphatic heterocycles. The van der Waals surface area contributed by atoms with E-state index < -0.39 is 0 Å². The number of rotatable bonds is 2. The SMILES string of the molecule is CC(C)n1c(=O)nc(-c2ccccc2)c2cc(Br)ccc21. The lowest BCUT2D eigenvalue weighted by molar-refractivity contribution is 0.587. The van der Waals surface area contributed by atoms with Crippen LogP contribution < -0.4 is 5.69 Å². The van der Waals surface area contributed by atoms with Gasteiger partial charge in [0.15, 0.2) is 0 Å². The molecule has 0 radical (unpaired) electrons. The first kappa shape index (κ1) is 14.0. The van der Waals surface area contributed by atoms with E-state index in [4.69, 9.17) is 0 Å². The molecule has 1 aromatic heterocycles. The van der Waals surface area contributed by atoms with Crippen molar-refractivity contribution in [2.45, 2.75) is 19.9 Å². The highest BCUT2D eigenvalue weighted by molar-refractivity contribution is 9.10. The summed E-state index contributed by atoms with van der Waals surface area (Å²) in [5.41, 5.74) is 2.38. The summed E-state index contributed by atoms with van der Waals surface area (Å²) in [5, 5.41) is 0.976. The molecule has 0 saturated carbocycles. The van der Waals surface area contributed by atoms with Gasteiger partial charge in [0.25, 0.3) is 0 Å². The van der Waals surface area contributed by atoms with E-state index in [-0.39, 0.29) is 11.7 Å². The Hall–Kier alpha value is -1.94. The maximum Gasteiger partial charge on any atom is 0.348 e. The second-order valence-electron chi connectivity index (χ2n) is 5.23. The predicted molar refractivity (Wildman–Crippen MR) is 89.5 cm³/mol. The molecule has 1 heterocycles. The summed E-state index contributed by atoms with van der Waals surface area (Å²) >= 11 is 3.50. The van der Waals surface area contributed by atoms with Crippen molar-refractivity contribution in [3.8, 4) is 11.3 Å². The molecule has 0 unspecified atom stereocenters. The maximum absolute atomic E-state index is 12.4. The number of aromatic nitrogens is 2. The molecule has 0 atom stereocenters. The molecule has 2 aromatic carbocycles. The molecule has 4 heteroatoms. The molecule has 21 heavy (non-hydrogen) atoms. The monoisotopic (exact) mass is 342 g/mol. The van der Waals surface area contributed by atoms with Gasteiger partial charge in [-0.3, -0.25) is 4.57 Å². The Morgan fingerprint density at radius 3 is 2.48 bits per heavy atom. The molecule has 0 bridgehead atoms. The predicted octanol–water partition coefficient (Wildman–Crippen LogP) is 4.41. The van der Waals surface area contributed by atoms with Crippen LogP contribution in [0.4, 0.5) is 0 Å². The normalized spacial score (nSPS) is 11.2. The van der Waals surface area contributed by atoms with Gasteiger partial charge >= 0.3 is 5.69 Å². The Balaban J connectivity index is 2.44. The van der Waals surface area contributed by atoms with Crippen LogP contribution in [0.5, 0.6) is 0 Å². The zero-order valence-electron chi connectivity index (χ0n) is 11.9. The molecule has 0 saturated heterocycles. The molecule has 3 aromatic rings. The molecule has 3 rings (SSSR count). The van der Waals surface area contributed by atoms with Crippen LogP contribution in [-0.4, -0.2) is 9.55 Å². The van der Waals surface area contributed by atoms with E-state index in [0.717, 1.165) is 26.6 Å². The molecule has 3 nitrogen and oxygen atoms in total. The van der Waals surface area contributed by atoms with Crippen molar-refractivity contribution in [2.24, 2.45) is 0 Å². The second-order valence-corrected chi connectivity index (χ2v) is 6.15. The summed E-state index contributed by atoms with van der Waals surface area (Å²) in [6.07, 6.45) is 0. The molecule has 0 amide bonds. The Bertz CT molecular complexity index is 854. The van der Waals surface area contributed by atoms with Crippen molar-refractivity contribution in [1.82, 2.24) is 9.55 Å². The van der Waals surface area contributed by atoms with Crippen molar-refractivity contribution >= 4 is 26.8 Å². The topological polar surface area (TPSA) is 34.9 Å². The fourth-order valence-electron chi connectivity index (χ4n) is 2.54. The highest BCUT2D eigenvalue weighted by atomic mass is 79.9. The smallest absolute Gasteiger partial charge is 0.289 e. The fraction of sp³-hybridized carbons (Fsp3) is 0.176. The summed E-state index contributed by atoms with van der Waals surface area (Å²) in [6, 6.07) is 15.8. The standard InChI is InChI=1S/C17H15BrN2O/c1-11(2)20-15-9-8-13(18)10-14(15)16(19-17(20)21)12-6-4-3-5-7-12/h3-11H,1-2H3. The lowest BCUT2D eigenvalue weighted by Crippen LogP contribution is -2.25. The first-order valence-electron chi connectivity index (χ1n) is 6.85. The number of hydrogen-bond acceptors (Lipinski definition) is 2. The van der Waals surface area contributed by atoms with Crippen molar-refractivity contribution in [1.29, 1.82) is 0 Å². The van der Waals surface area contributed by atoms with Crippen molar-refractivity contribution < 1.29 is 0 Å². The van der Waals surface area contributed by atoms with Gasteiger partial charge in [-0.15, -0.1) is 0 Å². The van der Waals surface area contributed by atoms with Gasteiger partial charge in [0.2, 0.25) is 0 Å². The minimum absolute atomic E-state index is 0.0681. The minimum Gasteiger partial charge on any atom is -0.289 e. The van der Waals surface area contributed by atoms with Crippen LogP contribution in [0.2, 0.25) is 0 Å². The van der Waals surface area contributed by atoms with Gasteiger partial charge < -0.3 is 0 Å². The molecule has 106 valence electrons. The summed E-state index contributed by atoms with van der Waals surface area (Å²) in [7, 11) is 0. The zero-order chi connectivity index (χ0) is 15.0. The molecular weight excluding hydrogens is 328 g/mol. The number of benzene rings is 2. The Morgan fingerprint density at radius 2 is 1.81 bits per heavy atom. The minimum atomic E-state index is -0.210. The van der Waals surface area contributed by atoms with Crippen molar-refractivity contribution in [2.75, 3.05) is 0 Å². The van der Waals surface area contributed by atoms with Crippen LogP contribution in [0.3, 0.4) is 0 Å². The summed E-state index contributed by atoms with van der Waals surface area (Å²) < 4.78 is 2.71. The molecular formula is C17H15BrN2O. The first-order valence-corrected chi connectivity index (χ1v) is 7.64. The number of hydrogen-bond donors (Lipinski definition) is 0. The first-order chi connectivity index (χ1) is 10.1. The average Bonchev–Trinajstić information content (AvgIpc) is 2.47. The van der Waals surface area contributed by atoms with Crippen LogP contribution in [-0.2, 0) is 0 Å². The van der Waals surface area contributed by atoms with E-state index in [1.165, 1.54) is 0 Å². The van der Waals surface area contributed by atoms with Gasteiger partial charge in [0, 0.05) is 21.5 Å². The number of fused-ring (bicyclic) bond motifs is 1. The lowest BCUT2D eigenvalue weighted by Gasteiger charge is -2.15. The fourth-order valence-corrected chi connectivity index (χ4v) is 2.90. The van der Waals surface area contributed by atoms with Crippen LogP contribution in [0.1, 0.15) is 19.9 Å². The Kier molecular flexibility index (Phi) is 3.64. The average molecular weight is 343 g/mol. The molecule has 0 aliphatic carbocycles. The van der Waals surface area contributed by atoms with Gasteiger partial charge in [0.05, 0.1) is 11.2 Å². The van der Waals surface area contributed by atoms with Crippen LogP contribution in [0.25, 0.3) is 22.2 Å². The molecule has 0 spiro atoms. The Labute approximate surface area is 131 Å². The third-order valence-electron chi connectivity index (χ3n) is 3.45. The van der Waals surface area contributed by atoms with E-state index >= 15 is 0 Å². The summed E-state index contributed by atoms with van der Waals surface area (Å²) in [6.45, 7) is 3.99. The summed E-state index contributed by atoms with van der Waals surface area (Å²) in [5.74, 6) is 0. The van der Waals surface area contributed by atoms with Crippen molar-refractivity contribution in [3.05, 3.63) is 63.5 Å². The van der Waals surface area contributed by atoms with E-state index in [9.17, 15) is 4.79 Å². The molecule has 0 aliphatic rings. The highest BCUT2D eigenvalue weighted by Gasteiger charge is 2.14. The quantitative estimate of drug-likeness (QED) is 0.691. The van der Waals surface area contributed by atoms with E-state index in [2.05, 4.69) is 20.9 Å². The summed E-state index contributed by atoms with van der Waals surface area (Å²) in [4.78, 5) is 16.7. The maximum atomic E-state index is 12.4. The largest absolute Gasteiger partial charge is 0.348 e. The zero-order valence-corrected chi connectivity index (χ0v) is 13.5. The molecule has 0 fully saturated rings.